The van der Waals surface area contributed by atoms with Crippen LogP contribution < -0.4 is 0 Å². The van der Waals surface area contributed by atoms with Gasteiger partial charge in [-0.25, -0.2) is 8.78 Å². The summed E-state index contributed by atoms with van der Waals surface area (Å²) in [6.07, 6.45) is 2.78. The fourth-order valence-corrected chi connectivity index (χ4v) is 2.56. The van der Waals surface area contributed by atoms with Gasteiger partial charge in [-0.1, -0.05) is 5.11 Å². The van der Waals surface area contributed by atoms with Crippen LogP contribution in [0.25, 0.3) is 10.4 Å². The number of fused-ring (bicyclic) bond motifs is 1. The predicted octanol–water partition coefficient (Wildman–Crippen LogP) is 3.37. The van der Waals surface area contributed by atoms with E-state index in [4.69, 9.17) is 5.53 Å². The van der Waals surface area contributed by atoms with Crippen molar-refractivity contribution >= 4 is 0 Å². The van der Waals surface area contributed by atoms with Gasteiger partial charge in [-0.15, -0.1) is 0 Å². The summed E-state index contributed by atoms with van der Waals surface area (Å²) in [7, 11) is 0. The van der Waals surface area contributed by atoms with Crippen molar-refractivity contribution in [3.05, 3.63) is 10.4 Å². The lowest BCUT2D eigenvalue weighted by molar-refractivity contribution is 0.0757. The van der Waals surface area contributed by atoms with Crippen LogP contribution >= 0.6 is 0 Å². The van der Waals surface area contributed by atoms with E-state index < -0.39 is 5.92 Å². The van der Waals surface area contributed by atoms with Gasteiger partial charge in [0.2, 0.25) is 0 Å². The molecule has 2 saturated carbocycles. The maximum Gasteiger partial charge on any atom is 0.254 e. The van der Waals surface area contributed by atoms with Gasteiger partial charge in [0.1, 0.15) is 0 Å². The molecular formula is C9H13F2N3. The van der Waals surface area contributed by atoms with E-state index in [1.54, 1.807) is 0 Å². The minimum atomic E-state index is -2.39. The fourth-order valence-electron chi connectivity index (χ4n) is 2.56. The molecule has 2 unspecified atom stereocenters. The summed E-state index contributed by atoms with van der Waals surface area (Å²) >= 11 is 0. The Balaban J connectivity index is 1.86. The normalized spacial score (nSPS) is 39.1. The number of hydrogen-bond acceptors (Lipinski definition) is 1. The topological polar surface area (TPSA) is 48.8 Å². The van der Waals surface area contributed by atoms with Crippen LogP contribution in [0.5, 0.6) is 0 Å². The van der Waals surface area contributed by atoms with Crippen LogP contribution in [-0.4, -0.2) is 12.5 Å². The fraction of sp³-hybridized carbons (Fsp3) is 1.00. The molecule has 0 aromatic heterocycles. The maximum atomic E-state index is 13.0. The van der Waals surface area contributed by atoms with Gasteiger partial charge in [0.05, 0.1) is 0 Å². The van der Waals surface area contributed by atoms with Crippen LogP contribution in [0.3, 0.4) is 0 Å². The molecule has 0 spiro atoms. The molecule has 2 aliphatic rings. The Bertz CT molecular complexity index is 257. The van der Waals surface area contributed by atoms with Crippen molar-refractivity contribution < 1.29 is 8.78 Å². The third-order valence-electron chi connectivity index (χ3n) is 3.54. The molecule has 2 aliphatic carbocycles. The van der Waals surface area contributed by atoms with Gasteiger partial charge in [-0.05, 0) is 37.1 Å². The van der Waals surface area contributed by atoms with Gasteiger partial charge in [0.25, 0.3) is 5.92 Å². The Morgan fingerprint density at radius 1 is 1.21 bits per heavy atom. The lowest BCUT2D eigenvalue weighted by Gasteiger charge is -2.12. The average molecular weight is 201 g/mol. The highest BCUT2D eigenvalue weighted by Crippen LogP contribution is 2.61. The molecule has 0 bridgehead atoms. The molecule has 2 fully saturated rings. The zero-order chi connectivity index (χ0) is 10.2. The van der Waals surface area contributed by atoms with Crippen molar-refractivity contribution in [2.75, 3.05) is 6.54 Å². The highest BCUT2D eigenvalue weighted by Gasteiger charge is 2.67. The van der Waals surface area contributed by atoms with E-state index in [9.17, 15) is 8.78 Å². The second-order valence-corrected chi connectivity index (χ2v) is 4.32. The van der Waals surface area contributed by atoms with Crippen LogP contribution in [0.4, 0.5) is 8.78 Å². The van der Waals surface area contributed by atoms with Crippen LogP contribution in [-0.2, 0) is 0 Å². The number of rotatable bonds is 2. The zero-order valence-corrected chi connectivity index (χ0v) is 7.87. The van der Waals surface area contributed by atoms with Gasteiger partial charge in [-0.2, -0.15) is 0 Å². The molecule has 0 aliphatic heterocycles. The molecule has 5 heteroatoms. The molecule has 2 atom stereocenters. The number of alkyl halides is 2. The maximum absolute atomic E-state index is 13.0. The van der Waals surface area contributed by atoms with E-state index in [1.165, 1.54) is 0 Å². The summed E-state index contributed by atoms with van der Waals surface area (Å²) in [5.74, 6) is -2.81. The van der Waals surface area contributed by atoms with Gasteiger partial charge >= 0.3 is 0 Å². The Labute approximate surface area is 81.1 Å². The predicted molar refractivity (Wildman–Crippen MR) is 47.9 cm³/mol. The van der Waals surface area contributed by atoms with Crippen LogP contribution in [0.2, 0.25) is 0 Å². The smallest absolute Gasteiger partial charge is 0.206 e. The summed E-state index contributed by atoms with van der Waals surface area (Å²) in [6, 6.07) is 0. The second-order valence-electron chi connectivity index (χ2n) is 4.32. The first-order valence-electron chi connectivity index (χ1n) is 5.05. The molecule has 2 rings (SSSR count). The summed E-state index contributed by atoms with van der Waals surface area (Å²) in [6.45, 7) is 0.474. The molecule has 0 aromatic carbocycles. The first kappa shape index (κ1) is 9.71. The summed E-state index contributed by atoms with van der Waals surface area (Å²) in [4.78, 5) is 2.70. The van der Waals surface area contributed by atoms with Crippen LogP contribution in [0, 0.1) is 17.8 Å². The van der Waals surface area contributed by atoms with Crippen LogP contribution in [0.1, 0.15) is 25.7 Å². The van der Waals surface area contributed by atoms with Crippen molar-refractivity contribution in [3.8, 4) is 0 Å². The third-order valence-corrected chi connectivity index (χ3v) is 3.54. The van der Waals surface area contributed by atoms with E-state index in [1.807, 2.05) is 0 Å². The number of azide groups is 1. The quantitative estimate of drug-likeness (QED) is 0.373. The molecule has 3 nitrogen and oxygen atoms in total. The number of nitrogens with zero attached hydrogens (tertiary/aromatic N) is 3. The van der Waals surface area contributed by atoms with E-state index in [0.717, 1.165) is 12.8 Å². The standard InChI is InChI=1S/C9H13F2N3/c10-9(11)7-3-1-6(5-13-14-12)2-4-8(7)9/h6-8H,1-5H2. The minimum Gasteiger partial charge on any atom is -0.206 e. The third kappa shape index (κ3) is 1.57. The van der Waals surface area contributed by atoms with Crippen molar-refractivity contribution in [1.29, 1.82) is 0 Å². The first-order valence-corrected chi connectivity index (χ1v) is 5.05. The van der Waals surface area contributed by atoms with Gasteiger partial charge < -0.3 is 0 Å². The highest BCUT2D eigenvalue weighted by atomic mass is 19.3. The van der Waals surface area contributed by atoms with E-state index in [0.29, 0.717) is 25.3 Å². The molecule has 0 amide bonds. The minimum absolute atomic E-state index is 0.328. The molecule has 0 heterocycles. The van der Waals surface area contributed by atoms with Crippen molar-refractivity contribution in [3.63, 3.8) is 0 Å². The summed E-state index contributed by atoms with van der Waals surface area (Å²) < 4.78 is 26.0. The largest absolute Gasteiger partial charge is 0.254 e. The van der Waals surface area contributed by atoms with Crippen molar-refractivity contribution in [2.24, 2.45) is 22.9 Å². The lowest BCUT2D eigenvalue weighted by Crippen LogP contribution is -2.07. The van der Waals surface area contributed by atoms with E-state index >= 15 is 0 Å². The molecule has 0 saturated heterocycles. The Kier molecular flexibility index (Phi) is 2.35. The number of halogens is 2. The van der Waals surface area contributed by atoms with Gasteiger partial charge in [-0.3, -0.25) is 0 Å². The van der Waals surface area contributed by atoms with Crippen molar-refractivity contribution in [2.45, 2.75) is 31.6 Å². The Morgan fingerprint density at radius 3 is 2.29 bits per heavy atom. The second kappa shape index (κ2) is 3.39. The van der Waals surface area contributed by atoms with Crippen LogP contribution in [0.15, 0.2) is 5.11 Å². The number of hydrogen-bond donors (Lipinski definition) is 0. The molecule has 0 radical (unpaired) electrons. The van der Waals surface area contributed by atoms with Crippen molar-refractivity contribution in [1.82, 2.24) is 0 Å². The first-order chi connectivity index (χ1) is 6.66. The average Bonchev–Trinajstić information content (AvgIpc) is 2.75. The zero-order valence-electron chi connectivity index (χ0n) is 7.87. The molecule has 0 aromatic rings. The summed E-state index contributed by atoms with van der Waals surface area (Å²) in [5, 5.41) is 3.51. The molecule has 14 heavy (non-hydrogen) atoms. The Hall–Kier alpha value is -0.830. The monoisotopic (exact) mass is 201 g/mol. The molecule has 0 N–H and O–H groups in total. The lowest BCUT2D eigenvalue weighted by atomic mass is 9.98. The molecule has 78 valence electrons. The van der Waals surface area contributed by atoms with Gasteiger partial charge in [0, 0.05) is 23.3 Å². The highest BCUT2D eigenvalue weighted by molar-refractivity contribution is 5.06. The van der Waals surface area contributed by atoms with E-state index in [2.05, 4.69) is 10.0 Å². The van der Waals surface area contributed by atoms with E-state index in [-0.39, 0.29) is 11.8 Å². The van der Waals surface area contributed by atoms with Gasteiger partial charge in [0.15, 0.2) is 0 Å². The Morgan fingerprint density at radius 2 is 1.79 bits per heavy atom. The SMILES string of the molecule is [N-]=[N+]=NCC1CCC2C(CC1)C2(F)F. The summed E-state index contributed by atoms with van der Waals surface area (Å²) in [5.41, 5.74) is 8.15. The molecular weight excluding hydrogens is 188 g/mol.